The van der Waals surface area contributed by atoms with E-state index in [-0.39, 0.29) is 18.0 Å². The molecule has 2 aromatic rings. The molecule has 1 aliphatic heterocycles. The minimum Gasteiger partial charge on any atom is -0.351 e. The van der Waals surface area contributed by atoms with Gasteiger partial charge in [-0.05, 0) is 17.7 Å². The topological polar surface area (TPSA) is 52.7 Å². The molecule has 3 rings (SSSR count). The summed E-state index contributed by atoms with van der Waals surface area (Å²) in [6.07, 6.45) is 0. The highest BCUT2D eigenvalue weighted by Crippen LogP contribution is 2.12. The second kappa shape index (κ2) is 8.73. The van der Waals surface area contributed by atoms with E-state index in [9.17, 15) is 18.4 Å². The number of nitrogens with one attached hydrogen (secondary N) is 1. The van der Waals surface area contributed by atoms with Crippen molar-refractivity contribution in [2.45, 2.75) is 6.54 Å². The summed E-state index contributed by atoms with van der Waals surface area (Å²) in [4.78, 5) is 28.0. The van der Waals surface area contributed by atoms with E-state index in [4.69, 9.17) is 0 Å². The summed E-state index contributed by atoms with van der Waals surface area (Å²) in [5.41, 5.74) is 1.03. The number of hydrogen-bond acceptors (Lipinski definition) is 3. The third-order valence-corrected chi connectivity index (χ3v) is 4.47. The van der Waals surface area contributed by atoms with Gasteiger partial charge in [-0.2, -0.15) is 0 Å². The quantitative estimate of drug-likeness (QED) is 0.873. The smallest absolute Gasteiger partial charge is 0.254 e. The number of piperazine rings is 1. The minimum absolute atomic E-state index is 0.00144. The Balaban J connectivity index is 1.45. The Morgan fingerprint density at radius 1 is 0.926 bits per heavy atom. The van der Waals surface area contributed by atoms with E-state index in [0.717, 1.165) is 23.8 Å². The van der Waals surface area contributed by atoms with Gasteiger partial charge in [0, 0.05) is 44.4 Å². The van der Waals surface area contributed by atoms with Gasteiger partial charge in [-0.15, -0.1) is 0 Å². The fraction of sp³-hybridized carbons (Fsp3) is 0.300. The summed E-state index contributed by atoms with van der Waals surface area (Å²) in [5, 5.41) is 2.87. The summed E-state index contributed by atoms with van der Waals surface area (Å²) in [6, 6.07) is 12.5. The number of nitrogens with zero attached hydrogens (tertiary/aromatic N) is 2. The Hall–Kier alpha value is -2.80. The molecule has 0 radical (unpaired) electrons. The monoisotopic (exact) mass is 373 g/mol. The second-order valence-electron chi connectivity index (χ2n) is 6.49. The number of carbonyl (C=O) groups excluding carboxylic acids is 2. The largest absolute Gasteiger partial charge is 0.351 e. The van der Waals surface area contributed by atoms with E-state index in [1.165, 1.54) is 0 Å². The van der Waals surface area contributed by atoms with Gasteiger partial charge in [-0.3, -0.25) is 14.5 Å². The van der Waals surface area contributed by atoms with Crippen molar-refractivity contribution in [3.05, 3.63) is 71.3 Å². The van der Waals surface area contributed by atoms with Crippen molar-refractivity contribution in [1.29, 1.82) is 0 Å². The van der Waals surface area contributed by atoms with Gasteiger partial charge in [0.25, 0.3) is 5.91 Å². The summed E-state index contributed by atoms with van der Waals surface area (Å²) in [5.74, 6) is -2.02. The van der Waals surface area contributed by atoms with Crippen LogP contribution < -0.4 is 5.32 Å². The van der Waals surface area contributed by atoms with Crippen molar-refractivity contribution in [1.82, 2.24) is 15.1 Å². The normalized spacial score (nSPS) is 14.8. The molecule has 1 fully saturated rings. The molecule has 5 nitrogen and oxygen atoms in total. The van der Waals surface area contributed by atoms with Crippen molar-refractivity contribution >= 4 is 11.8 Å². The van der Waals surface area contributed by atoms with E-state index < -0.39 is 17.5 Å². The predicted octanol–water partition coefficient (Wildman–Crippen LogP) is 2.04. The highest BCUT2D eigenvalue weighted by atomic mass is 19.1. The number of benzene rings is 2. The predicted molar refractivity (Wildman–Crippen MR) is 97.0 cm³/mol. The lowest BCUT2D eigenvalue weighted by Crippen LogP contribution is -2.51. The Bertz CT molecular complexity index is 786. The van der Waals surface area contributed by atoms with E-state index in [0.29, 0.717) is 32.7 Å². The molecule has 2 aromatic carbocycles. The van der Waals surface area contributed by atoms with Crippen LogP contribution in [-0.2, 0) is 11.3 Å². The van der Waals surface area contributed by atoms with Gasteiger partial charge in [-0.1, -0.05) is 30.3 Å². The first-order valence-corrected chi connectivity index (χ1v) is 8.79. The third kappa shape index (κ3) is 5.34. The fourth-order valence-corrected chi connectivity index (χ4v) is 3.02. The van der Waals surface area contributed by atoms with Crippen molar-refractivity contribution in [2.75, 3.05) is 32.7 Å². The SMILES string of the molecule is O=C(CN1CCN(C(=O)c2cc(F)cc(F)c2)CC1)NCc1ccccc1. The van der Waals surface area contributed by atoms with Crippen LogP contribution in [0, 0.1) is 11.6 Å². The maximum absolute atomic E-state index is 13.3. The van der Waals surface area contributed by atoms with E-state index in [1.54, 1.807) is 4.90 Å². The van der Waals surface area contributed by atoms with E-state index in [1.807, 2.05) is 35.2 Å². The zero-order valence-electron chi connectivity index (χ0n) is 14.8. The molecule has 1 saturated heterocycles. The Labute approximate surface area is 156 Å². The summed E-state index contributed by atoms with van der Waals surface area (Å²) >= 11 is 0. The first-order chi connectivity index (χ1) is 13.0. The van der Waals surface area contributed by atoms with Crippen molar-refractivity contribution in [3.8, 4) is 0 Å². The van der Waals surface area contributed by atoms with Crippen LogP contribution in [0.25, 0.3) is 0 Å². The molecule has 0 spiro atoms. The summed E-state index contributed by atoms with van der Waals surface area (Å²) in [7, 11) is 0. The molecule has 0 bridgehead atoms. The maximum atomic E-state index is 13.3. The number of halogens is 2. The lowest BCUT2D eigenvalue weighted by Gasteiger charge is -2.34. The van der Waals surface area contributed by atoms with Crippen LogP contribution in [0.3, 0.4) is 0 Å². The Morgan fingerprint density at radius 2 is 1.56 bits per heavy atom. The maximum Gasteiger partial charge on any atom is 0.254 e. The molecule has 0 saturated carbocycles. The van der Waals surface area contributed by atoms with Crippen LogP contribution in [0.2, 0.25) is 0 Å². The molecule has 1 aliphatic rings. The molecule has 142 valence electrons. The van der Waals surface area contributed by atoms with Crippen LogP contribution in [0.4, 0.5) is 8.78 Å². The molecule has 1 heterocycles. The highest BCUT2D eigenvalue weighted by Gasteiger charge is 2.24. The van der Waals surface area contributed by atoms with Gasteiger partial charge >= 0.3 is 0 Å². The van der Waals surface area contributed by atoms with Gasteiger partial charge in [0.1, 0.15) is 11.6 Å². The van der Waals surface area contributed by atoms with E-state index in [2.05, 4.69) is 5.32 Å². The van der Waals surface area contributed by atoms with Crippen LogP contribution in [-0.4, -0.2) is 54.3 Å². The molecule has 0 aromatic heterocycles. The van der Waals surface area contributed by atoms with Gasteiger partial charge in [0.05, 0.1) is 6.54 Å². The zero-order valence-corrected chi connectivity index (χ0v) is 14.8. The molecule has 0 atom stereocenters. The molecular weight excluding hydrogens is 352 g/mol. The van der Waals surface area contributed by atoms with Gasteiger partial charge in [0.15, 0.2) is 0 Å². The van der Waals surface area contributed by atoms with Crippen molar-refractivity contribution in [3.63, 3.8) is 0 Å². The van der Waals surface area contributed by atoms with Crippen LogP contribution >= 0.6 is 0 Å². The van der Waals surface area contributed by atoms with Crippen LogP contribution in [0.5, 0.6) is 0 Å². The number of amides is 2. The summed E-state index contributed by atoms with van der Waals surface area (Å²) < 4.78 is 26.6. The van der Waals surface area contributed by atoms with E-state index >= 15 is 0 Å². The van der Waals surface area contributed by atoms with Crippen molar-refractivity contribution < 1.29 is 18.4 Å². The highest BCUT2D eigenvalue weighted by molar-refractivity contribution is 5.94. The molecule has 27 heavy (non-hydrogen) atoms. The molecule has 0 aliphatic carbocycles. The Morgan fingerprint density at radius 3 is 2.19 bits per heavy atom. The minimum atomic E-state index is -0.771. The van der Waals surface area contributed by atoms with Crippen LogP contribution in [0.15, 0.2) is 48.5 Å². The third-order valence-electron chi connectivity index (χ3n) is 4.47. The average Bonchev–Trinajstić information content (AvgIpc) is 2.66. The van der Waals surface area contributed by atoms with Gasteiger partial charge < -0.3 is 10.2 Å². The number of rotatable bonds is 5. The zero-order chi connectivity index (χ0) is 19.2. The number of hydrogen-bond donors (Lipinski definition) is 1. The second-order valence-corrected chi connectivity index (χ2v) is 6.49. The molecule has 1 N–H and O–H groups in total. The first-order valence-electron chi connectivity index (χ1n) is 8.79. The summed E-state index contributed by atoms with van der Waals surface area (Å²) in [6.45, 7) is 2.60. The van der Waals surface area contributed by atoms with Gasteiger partial charge in [0.2, 0.25) is 5.91 Å². The first kappa shape index (κ1) is 19.0. The molecule has 2 amide bonds. The molecule has 7 heteroatoms. The van der Waals surface area contributed by atoms with Crippen molar-refractivity contribution in [2.24, 2.45) is 0 Å². The standard InChI is InChI=1S/C20H21F2N3O2/c21-17-10-16(11-18(22)12-17)20(27)25-8-6-24(7-9-25)14-19(26)23-13-15-4-2-1-3-5-15/h1-5,10-12H,6-9,13-14H2,(H,23,26). The lowest BCUT2D eigenvalue weighted by atomic mass is 10.1. The number of carbonyl (C=O) groups is 2. The Kier molecular flexibility index (Phi) is 6.13. The lowest BCUT2D eigenvalue weighted by molar-refractivity contribution is -0.122. The van der Waals surface area contributed by atoms with Gasteiger partial charge in [-0.25, -0.2) is 8.78 Å². The molecular formula is C20H21F2N3O2. The van der Waals surface area contributed by atoms with Crippen LogP contribution in [0.1, 0.15) is 15.9 Å². The molecule has 0 unspecified atom stereocenters. The average molecular weight is 373 g/mol. The fourth-order valence-electron chi connectivity index (χ4n) is 3.02.